The number of benzene rings is 2. The van der Waals surface area contributed by atoms with Crippen molar-refractivity contribution in [1.82, 2.24) is 4.31 Å². The lowest BCUT2D eigenvalue weighted by molar-refractivity contribution is -0.146. The molecule has 122 valence electrons. The minimum atomic E-state index is -3.78. The van der Waals surface area contributed by atoms with E-state index in [4.69, 9.17) is 11.6 Å². The molecule has 23 heavy (non-hydrogen) atoms. The molecule has 0 bridgehead atoms. The summed E-state index contributed by atoms with van der Waals surface area (Å²) in [7, 11) is -3.78. The second-order valence-electron chi connectivity index (χ2n) is 6.05. The molecule has 0 aromatic heterocycles. The molecule has 2 aromatic rings. The number of sulfonamides is 1. The van der Waals surface area contributed by atoms with Crippen LogP contribution in [0.2, 0.25) is 5.02 Å². The third kappa shape index (κ3) is 2.60. The van der Waals surface area contributed by atoms with Crippen LogP contribution in [-0.2, 0) is 14.8 Å². The molecule has 0 aliphatic carbocycles. The summed E-state index contributed by atoms with van der Waals surface area (Å²) < 4.78 is 27.2. The van der Waals surface area contributed by atoms with Crippen LogP contribution in [0.25, 0.3) is 10.8 Å². The Bertz CT molecular complexity index is 896. The molecule has 1 fully saturated rings. The average Bonchev–Trinajstić information content (AvgIpc) is 2.92. The topological polar surface area (TPSA) is 74.7 Å². The summed E-state index contributed by atoms with van der Waals surface area (Å²) in [5.74, 6) is -0.976. The predicted molar refractivity (Wildman–Crippen MR) is 88.1 cm³/mol. The third-order valence-electron chi connectivity index (χ3n) is 4.40. The van der Waals surface area contributed by atoms with Crippen molar-refractivity contribution in [2.24, 2.45) is 5.41 Å². The molecule has 1 saturated heterocycles. The number of aliphatic carboxylic acids is 1. The molecule has 1 heterocycles. The van der Waals surface area contributed by atoms with Crippen LogP contribution in [0.3, 0.4) is 0 Å². The van der Waals surface area contributed by atoms with Crippen LogP contribution < -0.4 is 0 Å². The first-order chi connectivity index (χ1) is 10.8. The van der Waals surface area contributed by atoms with E-state index in [1.807, 2.05) is 0 Å². The van der Waals surface area contributed by atoms with Gasteiger partial charge in [-0.05, 0) is 25.5 Å². The molecule has 0 spiro atoms. The highest BCUT2D eigenvalue weighted by Gasteiger charge is 2.45. The van der Waals surface area contributed by atoms with Gasteiger partial charge in [-0.1, -0.05) is 35.9 Å². The first-order valence-corrected chi connectivity index (χ1v) is 8.98. The van der Waals surface area contributed by atoms with E-state index in [1.165, 1.54) is 10.4 Å². The Labute approximate surface area is 139 Å². The zero-order valence-electron chi connectivity index (χ0n) is 12.5. The molecule has 3 rings (SSSR count). The van der Waals surface area contributed by atoms with E-state index >= 15 is 0 Å². The van der Waals surface area contributed by atoms with Gasteiger partial charge < -0.3 is 5.11 Å². The number of nitrogens with zero attached hydrogens (tertiary/aromatic N) is 1. The Balaban J connectivity index is 2.09. The molecule has 1 atom stereocenters. The van der Waals surface area contributed by atoms with Gasteiger partial charge in [0, 0.05) is 28.9 Å². The highest BCUT2D eigenvalue weighted by molar-refractivity contribution is 7.89. The molecule has 1 N–H and O–H groups in total. The molecule has 7 heteroatoms. The maximum atomic E-state index is 13.0. The van der Waals surface area contributed by atoms with E-state index in [9.17, 15) is 18.3 Å². The zero-order chi connectivity index (χ0) is 16.8. The lowest BCUT2D eigenvalue weighted by Gasteiger charge is -2.21. The molecule has 0 amide bonds. The number of halogens is 1. The summed E-state index contributed by atoms with van der Waals surface area (Å²) in [6.45, 7) is 1.74. The average molecular weight is 354 g/mol. The van der Waals surface area contributed by atoms with Crippen LogP contribution in [0, 0.1) is 5.41 Å². The number of rotatable bonds is 3. The standard InChI is InChI=1S/C16H16ClNO4S/c1-16(15(19)20)8-9-18(10-16)23(21,22)14-7-6-13(17)11-4-2-3-5-12(11)14/h2-7H,8-10H2,1H3,(H,19,20). The molecule has 1 unspecified atom stereocenters. The first-order valence-electron chi connectivity index (χ1n) is 7.16. The fraction of sp³-hybridized carbons (Fsp3) is 0.312. The normalized spacial score (nSPS) is 22.5. The van der Waals surface area contributed by atoms with Crippen molar-refractivity contribution >= 4 is 38.4 Å². The largest absolute Gasteiger partial charge is 0.481 e. The molecular weight excluding hydrogens is 338 g/mol. The van der Waals surface area contributed by atoms with E-state index in [1.54, 1.807) is 37.3 Å². The lowest BCUT2D eigenvalue weighted by atomic mass is 9.90. The zero-order valence-corrected chi connectivity index (χ0v) is 14.1. The predicted octanol–water partition coefficient (Wildman–Crippen LogP) is 2.98. The van der Waals surface area contributed by atoms with Gasteiger partial charge in [0.25, 0.3) is 0 Å². The minimum absolute atomic E-state index is 0.0262. The van der Waals surface area contributed by atoms with E-state index < -0.39 is 21.4 Å². The van der Waals surface area contributed by atoms with Crippen molar-refractivity contribution in [3.63, 3.8) is 0 Å². The molecule has 2 aromatic carbocycles. The van der Waals surface area contributed by atoms with Gasteiger partial charge in [0.2, 0.25) is 10.0 Å². The summed E-state index contributed by atoms with van der Waals surface area (Å²) in [5, 5.41) is 11.0. The SMILES string of the molecule is CC1(C(=O)O)CCN(S(=O)(=O)c2ccc(Cl)c3ccccc23)C1. The Morgan fingerprint density at radius 3 is 2.48 bits per heavy atom. The lowest BCUT2D eigenvalue weighted by Crippen LogP contribution is -2.35. The van der Waals surface area contributed by atoms with E-state index in [2.05, 4.69) is 0 Å². The molecule has 0 radical (unpaired) electrons. The molecular formula is C16H16ClNO4S. The van der Waals surface area contributed by atoms with Crippen molar-refractivity contribution in [2.45, 2.75) is 18.2 Å². The Kier molecular flexibility index (Phi) is 3.86. The number of hydrogen-bond acceptors (Lipinski definition) is 3. The Morgan fingerprint density at radius 1 is 1.22 bits per heavy atom. The number of carboxylic acids is 1. The Hall–Kier alpha value is -1.63. The van der Waals surface area contributed by atoms with Crippen molar-refractivity contribution in [2.75, 3.05) is 13.1 Å². The monoisotopic (exact) mass is 353 g/mol. The van der Waals surface area contributed by atoms with Crippen LogP contribution in [-0.4, -0.2) is 36.9 Å². The summed E-state index contributed by atoms with van der Waals surface area (Å²) in [4.78, 5) is 11.5. The van der Waals surface area contributed by atoms with Gasteiger partial charge >= 0.3 is 5.97 Å². The van der Waals surface area contributed by atoms with E-state index in [0.29, 0.717) is 22.2 Å². The number of hydrogen-bond donors (Lipinski definition) is 1. The minimum Gasteiger partial charge on any atom is -0.481 e. The van der Waals surface area contributed by atoms with Crippen molar-refractivity contribution in [3.8, 4) is 0 Å². The summed E-state index contributed by atoms with van der Waals surface area (Å²) in [6, 6.07) is 10.1. The van der Waals surface area contributed by atoms with Crippen molar-refractivity contribution < 1.29 is 18.3 Å². The third-order valence-corrected chi connectivity index (χ3v) is 6.64. The van der Waals surface area contributed by atoms with Crippen LogP contribution in [0.4, 0.5) is 0 Å². The van der Waals surface area contributed by atoms with Gasteiger partial charge in [0.1, 0.15) is 0 Å². The molecule has 1 aliphatic heterocycles. The second kappa shape index (κ2) is 5.47. The van der Waals surface area contributed by atoms with Gasteiger partial charge in [0.15, 0.2) is 0 Å². The maximum absolute atomic E-state index is 13.0. The number of carbonyl (C=O) groups is 1. The first kappa shape index (κ1) is 16.2. The van der Waals surface area contributed by atoms with Crippen LogP contribution >= 0.6 is 11.6 Å². The fourth-order valence-corrected chi connectivity index (χ4v) is 4.89. The van der Waals surface area contributed by atoms with Crippen molar-refractivity contribution in [3.05, 3.63) is 41.4 Å². The quantitative estimate of drug-likeness (QED) is 0.920. The molecule has 5 nitrogen and oxygen atoms in total. The maximum Gasteiger partial charge on any atom is 0.310 e. The number of carboxylic acid groups (broad SMARTS) is 1. The second-order valence-corrected chi connectivity index (χ2v) is 8.36. The van der Waals surface area contributed by atoms with Crippen molar-refractivity contribution in [1.29, 1.82) is 0 Å². The van der Waals surface area contributed by atoms with Crippen LogP contribution in [0.1, 0.15) is 13.3 Å². The summed E-state index contributed by atoms with van der Waals surface area (Å²) in [6.07, 6.45) is 0.299. The van der Waals surface area contributed by atoms with E-state index in [-0.39, 0.29) is 18.0 Å². The summed E-state index contributed by atoms with van der Waals surface area (Å²) >= 11 is 6.14. The van der Waals surface area contributed by atoms with Crippen LogP contribution in [0.15, 0.2) is 41.3 Å². The highest BCUT2D eigenvalue weighted by Crippen LogP contribution is 2.36. The van der Waals surface area contributed by atoms with Gasteiger partial charge in [0.05, 0.1) is 10.3 Å². The highest BCUT2D eigenvalue weighted by atomic mass is 35.5. The van der Waals surface area contributed by atoms with Gasteiger partial charge in [-0.15, -0.1) is 0 Å². The van der Waals surface area contributed by atoms with Gasteiger partial charge in [-0.25, -0.2) is 8.42 Å². The molecule has 1 aliphatic rings. The van der Waals surface area contributed by atoms with Crippen LogP contribution in [0.5, 0.6) is 0 Å². The smallest absolute Gasteiger partial charge is 0.310 e. The van der Waals surface area contributed by atoms with Gasteiger partial charge in [-0.2, -0.15) is 4.31 Å². The van der Waals surface area contributed by atoms with Gasteiger partial charge in [-0.3, -0.25) is 4.79 Å². The van der Waals surface area contributed by atoms with E-state index in [0.717, 1.165) is 0 Å². The fourth-order valence-electron chi connectivity index (χ4n) is 2.90. The number of fused-ring (bicyclic) bond motifs is 1. The summed E-state index contributed by atoms with van der Waals surface area (Å²) in [5.41, 5.74) is -1.05. The molecule has 0 saturated carbocycles. The Morgan fingerprint density at radius 2 is 1.87 bits per heavy atom.